The number of hydrogen-bond donors (Lipinski definition) is 0. The molecule has 0 bridgehead atoms. The zero-order valence-corrected chi connectivity index (χ0v) is 17.3. The molecule has 0 fully saturated rings. The Hall–Kier alpha value is -3.32. The van der Waals surface area contributed by atoms with Crippen molar-refractivity contribution in [3.63, 3.8) is 0 Å². The number of rotatable bonds is 4. The molecule has 3 aromatic rings. The van der Waals surface area contributed by atoms with E-state index in [-0.39, 0.29) is 11.4 Å². The first-order chi connectivity index (χ1) is 14.5. The third-order valence-corrected chi connectivity index (χ3v) is 5.92. The highest BCUT2D eigenvalue weighted by molar-refractivity contribution is 7.07. The number of carbonyl (C=O) groups excluding carboxylic acids is 1. The number of methoxy groups -OCH3 is 1. The van der Waals surface area contributed by atoms with Gasteiger partial charge in [0.05, 0.1) is 29.0 Å². The van der Waals surface area contributed by atoms with Gasteiger partial charge in [-0.05, 0) is 35.8 Å². The van der Waals surface area contributed by atoms with Crippen LogP contribution in [0.5, 0.6) is 0 Å². The Morgan fingerprint density at radius 2 is 1.90 bits per heavy atom. The molecule has 1 aliphatic rings. The fraction of sp³-hybridized carbons (Fsp3) is 0.174. The van der Waals surface area contributed by atoms with E-state index >= 15 is 0 Å². The van der Waals surface area contributed by atoms with Crippen LogP contribution in [0.2, 0.25) is 0 Å². The fourth-order valence-electron chi connectivity index (χ4n) is 3.53. The Balaban J connectivity index is 1.99. The maximum absolute atomic E-state index is 13.4. The monoisotopic (exact) mass is 422 g/mol. The van der Waals surface area contributed by atoms with E-state index in [1.807, 2.05) is 37.3 Å². The molecular formula is C23H19FN2O3S. The van der Waals surface area contributed by atoms with Crippen LogP contribution >= 0.6 is 11.3 Å². The summed E-state index contributed by atoms with van der Waals surface area (Å²) in [7, 11) is 1.32. The van der Waals surface area contributed by atoms with Gasteiger partial charge in [-0.1, -0.05) is 60.7 Å². The molecule has 0 saturated carbocycles. The van der Waals surface area contributed by atoms with Gasteiger partial charge in [-0.2, -0.15) is 0 Å². The predicted molar refractivity (Wildman–Crippen MR) is 113 cm³/mol. The number of nitrogens with zero attached hydrogens (tertiary/aromatic N) is 2. The third kappa shape index (κ3) is 3.52. The van der Waals surface area contributed by atoms with Gasteiger partial charge < -0.3 is 4.74 Å². The number of aromatic nitrogens is 1. The van der Waals surface area contributed by atoms with E-state index in [4.69, 9.17) is 4.74 Å². The van der Waals surface area contributed by atoms with Crippen molar-refractivity contribution in [2.75, 3.05) is 7.11 Å². The van der Waals surface area contributed by atoms with Gasteiger partial charge in [0.25, 0.3) is 5.56 Å². The summed E-state index contributed by atoms with van der Waals surface area (Å²) in [5.74, 6) is -0.842. The minimum absolute atomic E-state index is 0.256. The molecule has 0 spiro atoms. The van der Waals surface area contributed by atoms with Crippen LogP contribution in [0.15, 0.2) is 75.7 Å². The summed E-state index contributed by atoms with van der Waals surface area (Å²) in [5, 5.41) is 0. The molecule has 0 unspecified atom stereocenters. The molecule has 2 aromatic carbocycles. The highest BCUT2D eigenvalue weighted by Gasteiger charge is 2.33. The standard InChI is InChI=1S/C23H19FN2O3S/c1-3-17-19(22(28)29-2)20(15-7-5-4-6-8-15)26-21(27)18(30-23(26)25-17)13-14-9-11-16(24)12-10-14/h4-13,20H,3H2,1-2H3/b18-13-/t20-/m0/s1. The van der Waals surface area contributed by atoms with Crippen molar-refractivity contribution in [3.8, 4) is 0 Å². The Kier molecular flexibility index (Phi) is 5.46. The summed E-state index contributed by atoms with van der Waals surface area (Å²) in [5.41, 5.74) is 2.22. The zero-order chi connectivity index (χ0) is 21.3. The summed E-state index contributed by atoms with van der Waals surface area (Å²) in [4.78, 5) is 31.2. The normalized spacial score (nSPS) is 16.2. The Labute approximate surface area is 176 Å². The Bertz CT molecular complexity index is 1310. The third-order valence-electron chi connectivity index (χ3n) is 4.93. The van der Waals surface area contributed by atoms with E-state index in [1.54, 1.807) is 22.8 Å². The zero-order valence-electron chi connectivity index (χ0n) is 16.5. The van der Waals surface area contributed by atoms with Gasteiger partial charge in [0.15, 0.2) is 4.80 Å². The summed E-state index contributed by atoms with van der Waals surface area (Å²) in [6.07, 6.45) is 2.23. The molecule has 5 nitrogen and oxygen atoms in total. The van der Waals surface area contributed by atoms with Crippen LogP contribution in [0.4, 0.5) is 4.39 Å². The summed E-state index contributed by atoms with van der Waals surface area (Å²) in [6.45, 7) is 1.91. The number of esters is 1. The Morgan fingerprint density at radius 1 is 1.20 bits per heavy atom. The SMILES string of the molecule is CCC1=C(C(=O)OC)[C@H](c2ccccc2)n2c(s/c(=C\c3ccc(F)cc3)c2=O)=N1. The molecule has 1 aliphatic heterocycles. The molecule has 4 rings (SSSR count). The average molecular weight is 422 g/mol. The van der Waals surface area contributed by atoms with Crippen LogP contribution < -0.4 is 14.9 Å². The first-order valence-electron chi connectivity index (χ1n) is 9.47. The topological polar surface area (TPSA) is 60.7 Å². The highest BCUT2D eigenvalue weighted by atomic mass is 32.1. The van der Waals surface area contributed by atoms with Crippen LogP contribution in [-0.4, -0.2) is 17.6 Å². The molecule has 0 N–H and O–H groups in total. The summed E-state index contributed by atoms with van der Waals surface area (Å²) >= 11 is 1.25. The molecule has 7 heteroatoms. The largest absolute Gasteiger partial charge is 0.466 e. The number of carbonyl (C=O) groups is 1. The minimum atomic E-state index is -0.625. The van der Waals surface area contributed by atoms with Crippen molar-refractivity contribution < 1.29 is 13.9 Å². The number of benzene rings is 2. The lowest BCUT2D eigenvalue weighted by atomic mass is 9.95. The minimum Gasteiger partial charge on any atom is -0.466 e. The molecule has 0 amide bonds. The van der Waals surface area contributed by atoms with Crippen molar-refractivity contribution >= 4 is 23.4 Å². The first kappa shape index (κ1) is 20.0. The van der Waals surface area contributed by atoms with Crippen LogP contribution in [0.1, 0.15) is 30.5 Å². The fourth-order valence-corrected chi connectivity index (χ4v) is 4.55. The lowest BCUT2D eigenvalue weighted by Crippen LogP contribution is -2.40. The number of ether oxygens (including phenoxy) is 1. The lowest BCUT2D eigenvalue weighted by Gasteiger charge is -2.25. The van der Waals surface area contributed by atoms with Crippen LogP contribution in [-0.2, 0) is 9.53 Å². The van der Waals surface area contributed by atoms with Gasteiger partial charge in [-0.25, -0.2) is 14.2 Å². The van der Waals surface area contributed by atoms with Gasteiger partial charge in [-0.3, -0.25) is 9.36 Å². The van der Waals surface area contributed by atoms with Crippen molar-refractivity contribution in [1.29, 1.82) is 0 Å². The quantitative estimate of drug-likeness (QED) is 0.608. The molecule has 1 atom stereocenters. The second kappa shape index (κ2) is 8.20. The van der Waals surface area contributed by atoms with Gasteiger partial charge >= 0.3 is 5.97 Å². The number of thiazole rings is 1. The van der Waals surface area contributed by atoms with E-state index in [2.05, 4.69) is 4.99 Å². The predicted octanol–water partition coefficient (Wildman–Crippen LogP) is 2.94. The Morgan fingerprint density at radius 3 is 2.53 bits per heavy atom. The van der Waals surface area contributed by atoms with Crippen molar-refractivity contribution in [3.05, 3.63) is 102 Å². The van der Waals surface area contributed by atoms with Crippen LogP contribution in [0, 0.1) is 5.82 Å². The molecule has 2 heterocycles. The maximum Gasteiger partial charge on any atom is 0.338 e. The van der Waals surface area contributed by atoms with Gasteiger partial charge in [0.1, 0.15) is 5.82 Å². The van der Waals surface area contributed by atoms with E-state index in [9.17, 15) is 14.0 Å². The maximum atomic E-state index is 13.4. The van der Waals surface area contributed by atoms with E-state index < -0.39 is 12.0 Å². The molecule has 152 valence electrons. The highest BCUT2D eigenvalue weighted by Crippen LogP contribution is 2.31. The summed E-state index contributed by atoms with van der Waals surface area (Å²) < 4.78 is 20.3. The summed E-state index contributed by atoms with van der Waals surface area (Å²) in [6, 6.07) is 14.7. The van der Waals surface area contributed by atoms with Gasteiger partial charge in [0.2, 0.25) is 0 Å². The second-order valence-corrected chi connectivity index (χ2v) is 7.76. The van der Waals surface area contributed by atoms with Crippen LogP contribution in [0.3, 0.4) is 0 Å². The molecule has 0 saturated heterocycles. The lowest BCUT2D eigenvalue weighted by molar-refractivity contribution is -0.136. The van der Waals surface area contributed by atoms with Crippen molar-refractivity contribution in [2.24, 2.45) is 4.99 Å². The molecule has 30 heavy (non-hydrogen) atoms. The van der Waals surface area contributed by atoms with Gasteiger partial charge in [-0.15, -0.1) is 0 Å². The average Bonchev–Trinajstić information content (AvgIpc) is 3.08. The molecular weight excluding hydrogens is 403 g/mol. The first-order valence-corrected chi connectivity index (χ1v) is 10.3. The van der Waals surface area contributed by atoms with E-state index in [1.165, 1.54) is 30.6 Å². The number of hydrogen-bond acceptors (Lipinski definition) is 5. The number of fused-ring (bicyclic) bond motifs is 1. The second-order valence-electron chi connectivity index (χ2n) is 6.75. The molecule has 0 aliphatic carbocycles. The number of halogens is 1. The van der Waals surface area contributed by atoms with Gasteiger partial charge in [0, 0.05) is 0 Å². The van der Waals surface area contributed by atoms with Crippen LogP contribution in [0.25, 0.3) is 6.08 Å². The van der Waals surface area contributed by atoms with Crippen molar-refractivity contribution in [1.82, 2.24) is 4.57 Å². The van der Waals surface area contributed by atoms with Crippen molar-refractivity contribution in [2.45, 2.75) is 19.4 Å². The smallest absolute Gasteiger partial charge is 0.338 e. The molecule has 1 aromatic heterocycles. The molecule has 0 radical (unpaired) electrons. The van der Waals surface area contributed by atoms with E-state index in [0.717, 1.165) is 5.56 Å². The number of allylic oxidation sites excluding steroid dienone is 1. The van der Waals surface area contributed by atoms with E-state index in [0.29, 0.717) is 32.6 Å².